The Morgan fingerprint density at radius 3 is 2.76 bits per heavy atom. The fourth-order valence-electron chi connectivity index (χ4n) is 1.78. The molecule has 0 aliphatic carbocycles. The minimum Gasteiger partial charge on any atom is -0.495 e. The molecule has 0 fully saturated rings. The zero-order valence-corrected chi connectivity index (χ0v) is 13.3. The molecule has 0 spiro atoms. The number of nitrogens with zero attached hydrogens (tertiary/aromatic N) is 1. The lowest BCUT2D eigenvalue weighted by Crippen LogP contribution is -2.14. The summed E-state index contributed by atoms with van der Waals surface area (Å²) in [5, 5.41) is 12.1. The van der Waals surface area contributed by atoms with Crippen LogP contribution in [0.2, 0.25) is 5.02 Å². The maximum atomic E-state index is 12.3. The van der Waals surface area contributed by atoms with Gasteiger partial charge in [0, 0.05) is 4.47 Å². The third-order valence-electron chi connectivity index (χ3n) is 2.78. The van der Waals surface area contributed by atoms with Crippen molar-refractivity contribution in [3.8, 4) is 11.8 Å². The number of anilines is 1. The second kappa shape index (κ2) is 6.61. The Morgan fingerprint density at radius 1 is 1.38 bits per heavy atom. The van der Waals surface area contributed by atoms with E-state index in [0.717, 1.165) is 4.47 Å². The molecule has 2 aromatic rings. The summed E-state index contributed by atoms with van der Waals surface area (Å²) in [6.45, 7) is 0. The van der Waals surface area contributed by atoms with Crippen molar-refractivity contribution in [2.45, 2.75) is 0 Å². The Kier molecular flexibility index (Phi) is 4.84. The van der Waals surface area contributed by atoms with Crippen molar-refractivity contribution >= 4 is 39.1 Å². The molecule has 0 atom stereocenters. The fourth-order valence-corrected chi connectivity index (χ4v) is 2.54. The molecule has 4 nitrogen and oxygen atoms in total. The highest BCUT2D eigenvalue weighted by Gasteiger charge is 2.16. The lowest BCUT2D eigenvalue weighted by Gasteiger charge is -2.12. The maximum absolute atomic E-state index is 12.3. The number of hydrogen-bond acceptors (Lipinski definition) is 3. The summed E-state index contributed by atoms with van der Waals surface area (Å²) in [5.74, 6) is 0.00383. The van der Waals surface area contributed by atoms with E-state index in [1.54, 1.807) is 36.4 Å². The first-order chi connectivity index (χ1) is 10.1. The number of para-hydroxylation sites is 1. The molecule has 0 aliphatic rings. The Morgan fingerprint density at radius 2 is 2.14 bits per heavy atom. The third kappa shape index (κ3) is 3.35. The average Bonchev–Trinajstić information content (AvgIpc) is 2.47. The van der Waals surface area contributed by atoms with Crippen LogP contribution < -0.4 is 10.1 Å². The Labute approximate surface area is 135 Å². The van der Waals surface area contributed by atoms with Crippen molar-refractivity contribution in [1.82, 2.24) is 0 Å². The summed E-state index contributed by atoms with van der Waals surface area (Å²) in [7, 11) is 1.47. The topological polar surface area (TPSA) is 62.1 Å². The highest BCUT2D eigenvalue weighted by atomic mass is 79.9. The second-order valence-electron chi connectivity index (χ2n) is 4.07. The first kappa shape index (κ1) is 15.4. The van der Waals surface area contributed by atoms with E-state index in [9.17, 15) is 4.79 Å². The Balaban J connectivity index is 2.38. The number of carbonyl (C=O) groups excluding carboxylic acids is 1. The predicted octanol–water partition coefficient (Wildman–Crippen LogP) is 4.24. The number of carbonyl (C=O) groups is 1. The van der Waals surface area contributed by atoms with E-state index in [4.69, 9.17) is 21.6 Å². The highest BCUT2D eigenvalue weighted by molar-refractivity contribution is 9.10. The molecule has 21 heavy (non-hydrogen) atoms. The first-order valence-corrected chi connectivity index (χ1v) is 7.07. The first-order valence-electron chi connectivity index (χ1n) is 5.90. The lowest BCUT2D eigenvalue weighted by atomic mass is 10.1. The number of hydrogen-bond donors (Lipinski definition) is 1. The van der Waals surface area contributed by atoms with Gasteiger partial charge in [-0.05, 0) is 30.3 Å². The summed E-state index contributed by atoms with van der Waals surface area (Å²) < 4.78 is 5.94. The Bertz CT molecular complexity index is 741. The SMILES string of the molecule is COc1cccc(C#N)c1NC(=O)c1ccc(Br)cc1Cl. The quantitative estimate of drug-likeness (QED) is 0.885. The van der Waals surface area contributed by atoms with Crippen LogP contribution in [0, 0.1) is 11.3 Å². The van der Waals surface area contributed by atoms with Crippen LogP contribution >= 0.6 is 27.5 Å². The van der Waals surface area contributed by atoms with Crippen molar-refractivity contribution in [2.75, 3.05) is 12.4 Å². The molecule has 0 aliphatic heterocycles. The minimum atomic E-state index is -0.409. The molecule has 0 unspecified atom stereocenters. The van der Waals surface area contributed by atoms with Crippen molar-refractivity contribution in [1.29, 1.82) is 5.26 Å². The molecule has 0 saturated carbocycles. The molecule has 0 bridgehead atoms. The van der Waals surface area contributed by atoms with Crippen molar-refractivity contribution < 1.29 is 9.53 Å². The number of rotatable bonds is 3. The van der Waals surface area contributed by atoms with Gasteiger partial charge in [-0.1, -0.05) is 33.6 Å². The van der Waals surface area contributed by atoms with Crippen LogP contribution in [0.4, 0.5) is 5.69 Å². The van der Waals surface area contributed by atoms with Crippen LogP contribution in [0.15, 0.2) is 40.9 Å². The van der Waals surface area contributed by atoms with E-state index in [1.807, 2.05) is 6.07 Å². The number of amides is 1. The summed E-state index contributed by atoms with van der Waals surface area (Å²) in [5.41, 5.74) is 0.956. The van der Waals surface area contributed by atoms with Gasteiger partial charge in [-0.25, -0.2) is 0 Å². The van der Waals surface area contributed by atoms with Crippen LogP contribution in [0.3, 0.4) is 0 Å². The number of halogens is 2. The minimum absolute atomic E-state index is 0.315. The van der Waals surface area contributed by atoms with Gasteiger partial charge < -0.3 is 10.1 Å². The van der Waals surface area contributed by atoms with Gasteiger partial charge in [0.2, 0.25) is 0 Å². The molecule has 0 heterocycles. The van der Waals surface area contributed by atoms with Crippen LogP contribution in [0.25, 0.3) is 0 Å². The number of ether oxygens (including phenoxy) is 1. The zero-order valence-electron chi connectivity index (χ0n) is 11.0. The van der Waals surface area contributed by atoms with Gasteiger partial charge in [-0.2, -0.15) is 5.26 Å². The van der Waals surface area contributed by atoms with Gasteiger partial charge in [0.1, 0.15) is 17.5 Å². The molecular weight excluding hydrogens is 356 g/mol. The molecule has 0 aromatic heterocycles. The van der Waals surface area contributed by atoms with Gasteiger partial charge in [0.05, 0.1) is 23.3 Å². The van der Waals surface area contributed by atoms with Crippen molar-refractivity contribution in [3.63, 3.8) is 0 Å². The summed E-state index contributed by atoms with van der Waals surface area (Å²) in [6.07, 6.45) is 0. The van der Waals surface area contributed by atoms with E-state index in [2.05, 4.69) is 21.2 Å². The van der Waals surface area contributed by atoms with Crippen LogP contribution in [-0.2, 0) is 0 Å². The molecule has 2 rings (SSSR count). The second-order valence-corrected chi connectivity index (χ2v) is 5.40. The Hall–Kier alpha value is -2.03. The van der Waals surface area contributed by atoms with Crippen molar-refractivity contribution in [2.24, 2.45) is 0 Å². The van der Waals surface area contributed by atoms with E-state index in [0.29, 0.717) is 27.6 Å². The molecule has 1 N–H and O–H groups in total. The smallest absolute Gasteiger partial charge is 0.257 e. The molecule has 6 heteroatoms. The van der Waals surface area contributed by atoms with Crippen molar-refractivity contribution in [3.05, 3.63) is 57.0 Å². The van der Waals surface area contributed by atoms with Crippen LogP contribution in [0.5, 0.6) is 5.75 Å². The molecular formula is C15H10BrClN2O2. The highest BCUT2D eigenvalue weighted by Crippen LogP contribution is 2.29. The number of methoxy groups -OCH3 is 1. The predicted molar refractivity (Wildman–Crippen MR) is 84.8 cm³/mol. The molecule has 1 amide bonds. The third-order valence-corrected chi connectivity index (χ3v) is 3.59. The van der Waals surface area contributed by atoms with Gasteiger partial charge in [0.25, 0.3) is 5.91 Å². The van der Waals surface area contributed by atoms with E-state index in [-0.39, 0.29) is 0 Å². The number of nitrogens with one attached hydrogen (secondary N) is 1. The normalized spacial score (nSPS) is 9.81. The van der Waals surface area contributed by atoms with Gasteiger partial charge in [-0.15, -0.1) is 0 Å². The number of nitriles is 1. The van der Waals surface area contributed by atoms with E-state index in [1.165, 1.54) is 7.11 Å². The van der Waals surface area contributed by atoms with E-state index < -0.39 is 5.91 Å². The van der Waals surface area contributed by atoms with Crippen LogP contribution in [0.1, 0.15) is 15.9 Å². The van der Waals surface area contributed by atoms with Crippen LogP contribution in [-0.4, -0.2) is 13.0 Å². The summed E-state index contributed by atoms with van der Waals surface area (Å²) in [6, 6.07) is 11.9. The zero-order chi connectivity index (χ0) is 15.4. The summed E-state index contributed by atoms with van der Waals surface area (Å²) >= 11 is 9.33. The largest absolute Gasteiger partial charge is 0.495 e. The summed E-state index contributed by atoms with van der Waals surface area (Å²) in [4.78, 5) is 12.3. The van der Waals surface area contributed by atoms with Gasteiger partial charge >= 0.3 is 0 Å². The standard InChI is InChI=1S/C15H10BrClN2O2/c1-21-13-4-2-3-9(8-18)14(13)19-15(20)11-6-5-10(16)7-12(11)17/h2-7H,1H3,(H,19,20). The molecule has 106 valence electrons. The van der Waals surface area contributed by atoms with E-state index >= 15 is 0 Å². The number of benzene rings is 2. The van der Waals surface area contributed by atoms with Gasteiger partial charge in [-0.3, -0.25) is 4.79 Å². The fraction of sp³-hybridized carbons (Fsp3) is 0.0667. The molecule has 0 radical (unpaired) electrons. The molecule has 2 aromatic carbocycles. The lowest BCUT2D eigenvalue weighted by molar-refractivity contribution is 0.102. The average molecular weight is 366 g/mol. The molecule has 0 saturated heterocycles. The maximum Gasteiger partial charge on any atom is 0.257 e. The monoisotopic (exact) mass is 364 g/mol. The van der Waals surface area contributed by atoms with Gasteiger partial charge in [0.15, 0.2) is 0 Å².